The van der Waals surface area contributed by atoms with Gasteiger partial charge in [-0.1, -0.05) is 24.3 Å². The van der Waals surface area contributed by atoms with E-state index in [1.165, 1.54) is 10.9 Å². The zero-order chi connectivity index (χ0) is 20.3. The topological polar surface area (TPSA) is 62.4 Å². The molecule has 5 nitrogen and oxygen atoms in total. The minimum absolute atomic E-state index is 0.0983. The fraction of sp³-hybridized carbons (Fsp3) is 0.391. The molecule has 2 heterocycles. The summed E-state index contributed by atoms with van der Waals surface area (Å²) in [5, 5.41) is 0.950. The van der Waals surface area contributed by atoms with Crippen LogP contribution in [0.4, 0.5) is 0 Å². The van der Waals surface area contributed by atoms with Gasteiger partial charge in [-0.2, -0.15) is 4.31 Å². The van der Waals surface area contributed by atoms with Crippen LogP contribution in [-0.2, 0) is 16.4 Å². The number of hydrogen-bond donors (Lipinski definition) is 1. The molecule has 0 bridgehead atoms. The Kier molecular flexibility index (Phi) is 4.26. The minimum atomic E-state index is -3.37. The third-order valence-corrected chi connectivity index (χ3v) is 8.79. The van der Waals surface area contributed by atoms with Crippen molar-refractivity contribution in [1.82, 2.24) is 9.29 Å². The molecular formula is C23H26N2O3S. The Morgan fingerprint density at radius 1 is 1.14 bits per heavy atom. The van der Waals surface area contributed by atoms with E-state index in [2.05, 4.69) is 17.1 Å². The van der Waals surface area contributed by atoms with E-state index in [1.807, 2.05) is 44.2 Å². The summed E-state index contributed by atoms with van der Waals surface area (Å²) in [5.74, 6) is 0.781. The fourth-order valence-electron chi connectivity index (χ4n) is 4.75. The van der Waals surface area contributed by atoms with Gasteiger partial charge in [0, 0.05) is 22.6 Å². The molecule has 1 aliphatic heterocycles. The molecule has 29 heavy (non-hydrogen) atoms. The van der Waals surface area contributed by atoms with Crippen LogP contribution in [0.5, 0.6) is 5.75 Å². The van der Waals surface area contributed by atoms with Gasteiger partial charge in [0.15, 0.2) is 0 Å². The van der Waals surface area contributed by atoms with E-state index < -0.39 is 10.0 Å². The molecule has 2 aliphatic rings. The monoisotopic (exact) mass is 410 g/mol. The van der Waals surface area contributed by atoms with Crippen molar-refractivity contribution in [2.75, 3.05) is 7.11 Å². The normalized spacial score (nSPS) is 22.6. The van der Waals surface area contributed by atoms with Crippen molar-refractivity contribution in [2.24, 2.45) is 0 Å². The number of nitrogens with zero attached hydrogens (tertiary/aromatic N) is 1. The first kappa shape index (κ1) is 18.7. The molecule has 1 aliphatic carbocycles. The van der Waals surface area contributed by atoms with Crippen molar-refractivity contribution in [2.45, 2.75) is 50.4 Å². The average molecular weight is 411 g/mol. The predicted molar refractivity (Wildman–Crippen MR) is 115 cm³/mol. The van der Waals surface area contributed by atoms with Crippen molar-refractivity contribution in [3.63, 3.8) is 0 Å². The molecule has 3 aromatic rings. The summed E-state index contributed by atoms with van der Waals surface area (Å²) in [5.41, 5.74) is 5.34. The van der Waals surface area contributed by atoms with E-state index >= 15 is 0 Å². The van der Waals surface area contributed by atoms with Crippen molar-refractivity contribution in [1.29, 1.82) is 0 Å². The number of aryl methyl sites for hydroxylation is 1. The first-order valence-electron chi connectivity index (χ1n) is 10.2. The van der Waals surface area contributed by atoms with E-state index in [1.54, 1.807) is 11.4 Å². The second-order valence-corrected chi connectivity index (χ2v) is 10.4. The van der Waals surface area contributed by atoms with E-state index in [9.17, 15) is 8.42 Å². The summed E-state index contributed by atoms with van der Waals surface area (Å²) in [6.07, 6.45) is 2.25. The van der Waals surface area contributed by atoms with Crippen LogP contribution in [0.25, 0.3) is 10.9 Å². The number of hydrogen-bond acceptors (Lipinski definition) is 3. The molecule has 1 fully saturated rings. The van der Waals surface area contributed by atoms with Gasteiger partial charge in [-0.25, -0.2) is 8.42 Å². The van der Waals surface area contributed by atoms with Gasteiger partial charge in [-0.3, -0.25) is 0 Å². The minimum Gasteiger partial charge on any atom is -0.497 e. The molecule has 1 saturated carbocycles. The fourth-order valence-corrected chi connectivity index (χ4v) is 6.92. The van der Waals surface area contributed by atoms with E-state index in [0.717, 1.165) is 47.3 Å². The largest absolute Gasteiger partial charge is 0.497 e. The number of rotatable bonds is 4. The molecule has 0 amide bonds. The number of nitrogens with one attached hydrogen (secondary N) is 1. The standard InChI is InChI=1S/C23H26N2O3S/c1-14-12-16(28-3)8-11-18(14)23-22-20(19-6-4-5-7-21(19)24-22)13-15(2)25(23)29(26,27)17-9-10-17/h4-8,11-12,15,17,23-24H,9-10,13H2,1-3H3/t15-,23+/m1/s1. The van der Waals surface area contributed by atoms with Crippen molar-refractivity contribution < 1.29 is 13.2 Å². The number of fused-ring (bicyclic) bond motifs is 3. The molecule has 0 radical (unpaired) electrons. The maximum absolute atomic E-state index is 13.5. The lowest BCUT2D eigenvalue weighted by Gasteiger charge is -2.40. The number of benzene rings is 2. The molecule has 0 saturated heterocycles. The van der Waals surface area contributed by atoms with Crippen LogP contribution >= 0.6 is 0 Å². The quantitative estimate of drug-likeness (QED) is 0.697. The molecular weight excluding hydrogens is 384 g/mol. The van der Waals surface area contributed by atoms with Crippen molar-refractivity contribution in [3.8, 4) is 5.75 Å². The summed E-state index contributed by atoms with van der Waals surface area (Å²) in [7, 11) is -1.72. The van der Waals surface area contributed by atoms with Gasteiger partial charge in [-0.05, 0) is 68.0 Å². The molecule has 5 rings (SSSR count). The van der Waals surface area contributed by atoms with Gasteiger partial charge in [-0.15, -0.1) is 0 Å². The predicted octanol–water partition coefficient (Wildman–Crippen LogP) is 4.31. The van der Waals surface area contributed by atoms with Crippen LogP contribution < -0.4 is 4.74 Å². The van der Waals surface area contributed by atoms with Crippen LogP contribution in [0.15, 0.2) is 42.5 Å². The molecule has 0 spiro atoms. The molecule has 0 unspecified atom stereocenters. The summed E-state index contributed by atoms with van der Waals surface area (Å²) in [4.78, 5) is 3.57. The highest BCUT2D eigenvalue weighted by atomic mass is 32.2. The second kappa shape index (κ2) is 6.61. The third kappa shape index (κ3) is 2.89. The Morgan fingerprint density at radius 3 is 2.59 bits per heavy atom. The van der Waals surface area contributed by atoms with Gasteiger partial charge in [0.1, 0.15) is 5.75 Å². The number of aromatic nitrogens is 1. The first-order chi connectivity index (χ1) is 13.9. The number of para-hydroxylation sites is 1. The number of aromatic amines is 1. The molecule has 1 aromatic heterocycles. The zero-order valence-corrected chi connectivity index (χ0v) is 17.8. The Morgan fingerprint density at radius 2 is 1.90 bits per heavy atom. The van der Waals surface area contributed by atoms with Crippen LogP contribution in [0.2, 0.25) is 0 Å². The van der Waals surface area contributed by atoms with Gasteiger partial charge in [0.25, 0.3) is 0 Å². The van der Waals surface area contributed by atoms with Crippen LogP contribution in [0.3, 0.4) is 0 Å². The molecule has 152 valence electrons. The summed E-state index contributed by atoms with van der Waals surface area (Å²) in [6, 6.07) is 13.7. The van der Waals surface area contributed by atoms with Crippen molar-refractivity contribution in [3.05, 3.63) is 64.8 Å². The van der Waals surface area contributed by atoms with Crippen molar-refractivity contribution >= 4 is 20.9 Å². The van der Waals surface area contributed by atoms with Gasteiger partial charge >= 0.3 is 0 Å². The van der Waals surface area contributed by atoms with E-state index in [0.29, 0.717) is 0 Å². The van der Waals surface area contributed by atoms with Gasteiger partial charge < -0.3 is 9.72 Å². The Balaban J connectivity index is 1.76. The number of ether oxygens (including phenoxy) is 1. The lowest BCUT2D eigenvalue weighted by atomic mass is 9.89. The highest BCUT2D eigenvalue weighted by Gasteiger charge is 2.48. The Labute approximate surface area is 171 Å². The maximum Gasteiger partial charge on any atom is 0.218 e. The van der Waals surface area contributed by atoms with Gasteiger partial charge in [0.05, 0.1) is 18.4 Å². The van der Waals surface area contributed by atoms with Crippen LogP contribution in [-0.4, -0.2) is 36.1 Å². The smallest absolute Gasteiger partial charge is 0.218 e. The maximum atomic E-state index is 13.5. The Hall–Kier alpha value is -2.31. The van der Waals surface area contributed by atoms with E-state index in [-0.39, 0.29) is 17.3 Å². The number of sulfonamides is 1. The number of methoxy groups -OCH3 is 1. The lowest BCUT2D eigenvalue weighted by Crippen LogP contribution is -2.47. The third-order valence-electron chi connectivity index (χ3n) is 6.32. The van der Waals surface area contributed by atoms with Crippen LogP contribution in [0.1, 0.15) is 48.2 Å². The molecule has 2 atom stereocenters. The first-order valence-corrected chi connectivity index (χ1v) is 11.7. The average Bonchev–Trinajstić information content (AvgIpc) is 3.50. The highest BCUT2D eigenvalue weighted by molar-refractivity contribution is 7.90. The van der Waals surface area contributed by atoms with Crippen LogP contribution in [0, 0.1) is 6.92 Å². The second-order valence-electron chi connectivity index (χ2n) is 8.32. The molecule has 6 heteroatoms. The molecule has 1 N–H and O–H groups in total. The van der Waals surface area contributed by atoms with Gasteiger partial charge in [0.2, 0.25) is 10.0 Å². The Bertz CT molecular complexity index is 1190. The summed E-state index contributed by atoms with van der Waals surface area (Å²) >= 11 is 0. The highest BCUT2D eigenvalue weighted by Crippen LogP contribution is 2.46. The van der Waals surface area contributed by atoms with E-state index in [4.69, 9.17) is 4.74 Å². The molecule has 2 aromatic carbocycles. The zero-order valence-electron chi connectivity index (χ0n) is 17.0. The summed E-state index contributed by atoms with van der Waals surface area (Å²) < 4.78 is 34.1. The number of H-pyrrole nitrogens is 1. The summed E-state index contributed by atoms with van der Waals surface area (Å²) in [6.45, 7) is 4.07. The lowest BCUT2D eigenvalue weighted by molar-refractivity contribution is 0.266. The SMILES string of the molecule is COc1ccc([C@H]2c3[nH]c4ccccc4c3C[C@@H](C)N2S(=O)(=O)C2CC2)c(C)c1.